The van der Waals surface area contributed by atoms with Crippen molar-refractivity contribution in [3.63, 3.8) is 0 Å². The number of amides is 2. The molecule has 0 saturated heterocycles. The van der Waals surface area contributed by atoms with Crippen molar-refractivity contribution in [1.82, 2.24) is 10.6 Å². The first kappa shape index (κ1) is 20.0. The number of benzene rings is 1. The van der Waals surface area contributed by atoms with E-state index in [0.29, 0.717) is 18.1 Å². The normalized spacial score (nSPS) is 13.5. The lowest BCUT2D eigenvalue weighted by atomic mass is 10.0. The fourth-order valence-electron chi connectivity index (χ4n) is 2.11. The van der Waals surface area contributed by atoms with Crippen LogP contribution in [0.2, 0.25) is 0 Å². The van der Waals surface area contributed by atoms with Gasteiger partial charge in [-0.3, -0.25) is 9.59 Å². The zero-order valence-corrected chi connectivity index (χ0v) is 15.6. The summed E-state index contributed by atoms with van der Waals surface area (Å²) in [6, 6.07) is 6.40. The molecule has 1 aromatic carbocycles. The van der Waals surface area contributed by atoms with Crippen LogP contribution in [0.15, 0.2) is 24.3 Å². The first-order chi connectivity index (χ1) is 11.3. The van der Waals surface area contributed by atoms with Gasteiger partial charge in [-0.2, -0.15) is 0 Å². The highest BCUT2D eigenvalue weighted by molar-refractivity contribution is 5.97. The van der Waals surface area contributed by atoms with Crippen LogP contribution in [0.3, 0.4) is 0 Å². The maximum absolute atomic E-state index is 12.5. The number of nitrogens with one attached hydrogen (secondary N) is 2. The smallest absolute Gasteiger partial charge is 0.251 e. The molecule has 0 aliphatic rings. The van der Waals surface area contributed by atoms with Gasteiger partial charge < -0.3 is 15.4 Å². The Balaban J connectivity index is 2.76. The predicted molar refractivity (Wildman–Crippen MR) is 96.1 cm³/mol. The van der Waals surface area contributed by atoms with Crippen molar-refractivity contribution in [2.24, 2.45) is 11.8 Å². The van der Waals surface area contributed by atoms with Crippen molar-refractivity contribution in [2.75, 3.05) is 6.61 Å². The van der Waals surface area contributed by atoms with Crippen LogP contribution < -0.4 is 15.4 Å². The van der Waals surface area contributed by atoms with Gasteiger partial charge in [0.1, 0.15) is 11.8 Å². The molecule has 1 rings (SSSR count). The summed E-state index contributed by atoms with van der Waals surface area (Å²) >= 11 is 0. The van der Waals surface area contributed by atoms with Crippen molar-refractivity contribution in [2.45, 2.75) is 53.6 Å². The highest BCUT2D eigenvalue weighted by Crippen LogP contribution is 2.13. The minimum Gasteiger partial charge on any atom is -0.494 e. The van der Waals surface area contributed by atoms with Gasteiger partial charge in [-0.25, -0.2) is 0 Å². The molecular formula is C19H30N2O3. The molecule has 2 atom stereocenters. The van der Waals surface area contributed by atoms with E-state index in [9.17, 15) is 9.59 Å². The van der Waals surface area contributed by atoms with Crippen LogP contribution in [-0.4, -0.2) is 30.5 Å². The van der Waals surface area contributed by atoms with Crippen LogP contribution in [0, 0.1) is 11.8 Å². The maximum atomic E-state index is 12.5. The first-order valence-corrected chi connectivity index (χ1v) is 8.60. The topological polar surface area (TPSA) is 67.4 Å². The molecule has 0 heterocycles. The molecule has 134 valence electrons. The van der Waals surface area contributed by atoms with E-state index in [1.165, 1.54) is 0 Å². The molecule has 24 heavy (non-hydrogen) atoms. The molecule has 0 aromatic heterocycles. The third-order valence-corrected chi connectivity index (χ3v) is 4.03. The molecule has 0 bridgehead atoms. The van der Waals surface area contributed by atoms with Gasteiger partial charge in [-0.15, -0.1) is 0 Å². The summed E-state index contributed by atoms with van der Waals surface area (Å²) in [5.74, 6) is 0.645. The Labute approximate surface area is 145 Å². The largest absolute Gasteiger partial charge is 0.494 e. The Morgan fingerprint density at radius 2 is 1.54 bits per heavy atom. The van der Waals surface area contributed by atoms with Gasteiger partial charge in [-0.1, -0.05) is 27.7 Å². The third-order valence-electron chi connectivity index (χ3n) is 4.03. The van der Waals surface area contributed by atoms with Crippen molar-refractivity contribution in [3.8, 4) is 5.75 Å². The van der Waals surface area contributed by atoms with Gasteiger partial charge in [0.2, 0.25) is 5.91 Å². The molecule has 2 N–H and O–H groups in total. The second kappa shape index (κ2) is 9.30. The van der Waals surface area contributed by atoms with E-state index in [1.807, 2.05) is 41.5 Å². The van der Waals surface area contributed by atoms with Crippen LogP contribution in [0.1, 0.15) is 51.9 Å². The van der Waals surface area contributed by atoms with Gasteiger partial charge in [-0.05, 0) is 49.9 Å². The number of rotatable bonds is 8. The molecule has 0 aliphatic carbocycles. The SMILES string of the molecule is CCOc1ccc(C(=O)NC(C(=O)NC(C)C(C)C)C(C)C)cc1. The number of carbonyl (C=O) groups excluding carboxylic acids is 2. The summed E-state index contributed by atoms with van der Waals surface area (Å²) in [7, 11) is 0. The van der Waals surface area contributed by atoms with Gasteiger partial charge in [0.15, 0.2) is 0 Å². The van der Waals surface area contributed by atoms with Gasteiger partial charge >= 0.3 is 0 Å². The van der Waals surface area contributed by atoms with E-state index in [-0.39, 0.29) is 23.8 Å². The molecule has 0 fully saturated rings. The average molecular weight is 334 g/mol. The molecule has 5 nitrogen and oxygen atoms in total. The Hall–Kier alpha value is -2.04. The Morgan fingerprint density at radius 3 is 2.00 bits per heavy atom. The number of ether oxygens (including phenoxy) is 1. The van der Waals surface area contributed by atoms with E-state index >= 15 is 0 Å². The Kier molecular flexibility index (Phi) is 7.75. The quantitative estimate of drug-likeness (QED) is 0.768. The van der Waals surface area contributed by atoms with Crippen LogP contribution in [0.4, 0.5) is 0 Å². The third kappa shape index (κ3) is 5.87. The zero-order valence-electron chi connectivity index (χ0n) is 15.6. The molecule has 0 saturated carbocycles. The summed E-state index contributed by atoms with van der Waals surface area (Å²) in [6.07, 6.45) is 0. The molecular weight excluding hydrogens is 304 g/mol. The van der Waals surface area contributed by atoms with E-state index in [1.54, 1.807) is 24.3 Å². The molecule has 5 heteroatoms. The number of hydrogen-bond donors (Lipinski definition) is 2. The van der Waals surface area contributed by atoms with Crippen molar-refractivity contribution < 1.29 is 14.3 Å². The Morgan fingerprint density at radius 1 is 0.958 bits per heavy atom. The maximum Gasteiger partial charge on any atom is 0.251 e. The van der Waals surface area contributed by atoms with E-state index in [4.69, 9.17) is 4.74 Å². The Bertz CT molecular complexity index is 538. The molecule has 0 spiro atoms. The summed E-state index contributed by atoms with van der Waals surface area (Å²) < 4.78 is 5.37. The van der Waals surface area contributed by atoms with Gasteiger partial charge in [0.25, 0.3) is 5.91 Å². The second-order valence-electron chi connectivity index (χ2n) is 6.69. The summed E-state index contributed by atoms with van der Waals surface area (Å²) in [6.45, 7) is 12.4. The predicted octanol–water partition coefficient (Wildman–Crippen LogP) is 3.00. The molecule has 2 amide bonds. The van der Waals surface area contributed by atoms with Crippen LogP contribution >= 0.6 is 0 Å². The molecule has 0 radical (unpaired) electrons. The first-order valence-electron chi connectivity index (χ1n) is 8.60. The summed E-state index contributed by atoms with van der Waals surface area (Å²) in [5.41, 5.74) is 0.508. The van der Waals surface area contributed by atoms with Gasteiger partial charge in [0.05, 0.1) is 6.61 Å². The summed E-state index contributed by atoms with van der Waals surface area (Å²) in [5, 5.41) is 5.81. The van der Waals surface area contributed by atoms with Gasteiger partial charge in [0, 0.05) is 11.6 Å². The van der Waals surface area contributed by atoms with E-state index in [2.05, 4.69) is 10.6 Å². The van der Waals surface area contributed by atoms with E-state index in [0.717, 1.165) is 5.75 Å². The molecule has 2 unspecified atom stereocenters. The fourth-order valence-corrected chi connectivity index (χ4v) is 2.11. The van der Waals surface area contributed by atoms with Crippen molar-refractivity contribution in [3.05, 3.63) is 29.8 Å². The van der Waals surface area contributed by atoms with Crippen LogP contribution in [-0.2, 0) is 4.79 Å². The van der Waals surface area contributed by atoms with E-state index < -0.39 is 6.04 Å². The summed E-state index contributed by atoms with van der Waals surface area (Å²) in [4.78, 5) is 24.9. The zero-order chi connectivity index (χ0) is 18.3. The standard InChI is InChI=1S/C19H30N2O3/c1-7-24-16-10-8-15(9-11-16)18(22)21-17(13(4)5)19(23)20-14(6)12(2)3/h8-14,17H,7H2,1-6H3,(H,20,23)(H,21,22). The van der Waals surface area contributed by atoms with Crippen molar-refractivity contribution >= 4 is 11.8 Å². The number of carbonyl (C=O) groups is 2. The lowest BCUT2D eigenvalue weighted by Gasteiger charge is -2.25. The lowest BCUT2D eigenvalue weighted by Crippen LogP contribution is -2.52. The molecule has 0 aliphatic heterocycles. The second-order valence-corrected chi connectivity index (χ2v) is 6.69. The number of hydrogen-bond acceptors (Lipinski definition) is 3. The minimum absolute atomic E-state index is 0.00369. The average Bonchev–Trinajstić information content (AvgIpc) is 2.52. The van der Waals surface area contributed by atoms with Crippen molar-refractivity contribution in [1.29, 1.82) is 0 Å². The van der Waals surface area contributed by atoms with Crippen LogP contribution in [0.25, 0.3) is 0 Å². The lowest BCUT2D eigenvalue weighted by molar-refractivity contribution is -0.124. The highest BCUT2D eigenvalue weighted by Gasteiger charge is 2.26. The minimum atomic E-state index is -0.565. The molecule has 1 aromatic rings. The monoisotopic (exact) mass is 334 g/mol. The highest BCUT2D eigenvalue weighted by atomic mass is 16.5. The fraction of sp³-hybridized carbons (Fsp3) is 0.579. The van der Waals surface area contributed by atoms with Crippen LogP contribution in [0.5, 0.6) is 5.75 Å².